The molecule has 0 spiro atoms. The smallest absolute Gasteiger partial charge is 0.203 e. The minimum Gasteiger partial charge on any atom is -0.493 e. The summed E-state index contributed by atoms with van der Waals surface area (Å²) in [7, 11) is 4.67. The van der Waals surface area contributed by atoms with Gasteiger partial charge in [-0.2, -0.15) is 0 Å². The van der Waals surface area contributed by atoms with E-state index in [1.54, 1.807) is 33.5 Å². The van der Waals surface area contributed by atoms with Gasteiger partial charge >= 0.3 is 0 Å². The van der Waals surface area contributed by atoms with Crippen molar-refractivity contribution in [1.29, 1.82) is 0 Å². The van der Waals surface area contributed by atoms with Gasteiger partial charge in [0, 0.05) is 24.7 Å². The molecule has 26 heavy (non-hydrogen) atoms. The molecule has 0 fully saturated rings. The van der Waals surface area contributed by atoms with Crippen molar-refractivity contribution in [3.05, 3.63) is 12.1 Å². The van der Waals surface area contributed by atoms with Crippen molar-refractivity contribution in [2.24, 2.45) is 5.92 Å². The van der Waals surface area contributed by atoms with Crippen molar-refractivity contribution < 1.29 is 24.1 Å². The summed E-state index contributed by atoms with van der Waals surface area (Å²) >= 11 is 0. The van der Waals surface area contributed by atoms with Crippen LogP contribution in [-0.2, 0) is 0 Å². The van der Waals surface area contributed by atoms with Crippen molar-refractivity contribution >= 4 is 0 Å². The quantitative estimate of drug-likeness (QED) is 0.556. The standard InChI is InChI=1S/C20H35NO5/c1-14(2)8-7-9-15(3)21-12-16(22)13-26-17-10-18(23-4)20(25-6)19(11-17)24-5/h10-11,14-16,21-22H,7-9,12-13H2,1-6H3. The number of hydrogen-bond donors (Lipinski definition) is 2. The van der Waals surface area contributed by atoms with Crippen LogP contribution in [0.3, 0.4) is 0 Å². The van der Waals surface area contributed by atoms with Crippen LogP contribution in [0, 0.1) is 5.92 Å². The van der Waals surface area contributed by atoms with E-state index < -0.39 is 6.10 Å². The first-order valence-corrected chi connectivity index (χ1v) is 9.25. The van der Waals surface area contributed by atoms with Crippen molar-refractivity contribution in [3.63, 3.8) is 0 Å². The summed E-state index contributed by atoms with van der Waals surface area (Å²) < 4.78 is 21.6. The fraction of sp³-hybridized carbons (Fsp3) is 0.700. The molecular formula is C20H35NO5. The molecule has 0 heterocycles. The van der Waals surface area contributed by atoms with E-state index in [-0.39, 0.29) is 6.61 Å². The third kappa shape index (κ3) is 7.70. The molecule has 2 unspecified atom stereocenters. The normalized spacial score (nSPS) is 13.4. The van der Waals surface area contributed by atoms with Gasteiger partial charge in [-0.1, -0.05) is 26.7 Å². The van der Waals surface area contributed by atoms with Crippen molar-refractivity contribution in [2.75, 3.05) is 34.5 Å². The van der Waals surface area contributed by atoms with Crippen LogP contribution in [-0.4, -0.2) is 51.7 Å². The average molecular weight is 370 g/mol. The molecule has 0 aliphatic heterocycles. The average Bonchev–Trinajstić information content (AvgIpc) is 2.63. The third-order valence-electron chi connectivity index (χ3n) is 4.20. The van der Waals surface area contributed by atoms with Gasteiger partial charge in [0.1, 0.15) is 18.5 Å². The summed E-state index contributed by atoms with van der Waals surface area (Å²) in [5.41, 5.74) is 0. The molecule has 6 nitrogen and oxygen atoms in total. The Labute approximate surface area is 157 Å². The number of aliphatic hydroxyl groups is 1. The summed E-state index contributed by atoms with van der Waals surface area (Å²) in [5.74, 6) is 2.85. The van der Waals surface area contributed by atoms with Gasteiger partial charge in [-0.3, -0.25) is 0 Å². The SMILES string of the molecule is COc1cc(OCC(O)CNC(C)CCCC(C)C)cc(OC)c1OC. The van der Waals surface area contributed by atoms with Crippen LogP contribution in [0.1, 0.15) is 40.0 Å². The molecule has 2 atom stereocenters. The second kappa shape index (κ2) is 11.9. The van der Waals surface area contributed by atoms with E-state index in [0.717, 1.165) is 12.3 Å². The Bertz CT molecular complexity index is 496. The minimum atomic E-state index is -0.596. The Morgan fingerprint density at radius 1 is 0.962 bits per heavy atom. The van der Waals surface area contributed by atoms with Crippen LogP contribution in [0.15, 0.2) is 12.1 Å². The maximum Gasteiger partial charge on any atom is 0.203 e. The van der Waals surface area contributed by atoms with E-state index in [9.17, 15) is 5.11 Å². The number of rotatable bonds is 13. The Kier molecular flexibility index (Phi) is 10.2. The fourth-order valence-corrected chi connectivity index (χ4v) is 2.66. The number of hydrogen-bond acceptors (Lipinski definition) is 6. The predicted molar refractivity (Wildman–Crippen MR) is 104 cm³/mol. The molecule has 1 rings (SSSR count). The molecule has 0 radical (unpaired) electrons. The first-order chi connectivity index (χ1) is 12.4. The van der Waals surface area contributed by atoms with E-state index in [1.165, 1.54) is 12.8 Å². The first-order valence-electron chi connectivity index (χ1n) is 9.25. The van der Waals surface area contributed by atoms with Gasteiger partial charge in [0.05, 0.1) is 21.3 Å². The highest BCUT2D eigenvalue weighted by Crippen LogP contribution is 2.40. The van der Waals surface area contributed by atoms with Crippen LogP contribution in [0.5, 0.6) is 23.0 Å². The predicted octanol–water partition coefficient (Wildman–Crippen LogP) is 3.26. The topological polar surface area (TPSA) is 69.2 Å². The molecule has 1 aromatic rings. The summed E-state index contributed by atoms with van der Waals surface area (Å²) in [6.07, 6.45) is 2.95. The fourth-order valence-electron chi connectivity index (χ4n) is 2.66. The van der Waals surface area contributed by atoms with E-state index in [4.69, 9.17) is 18.9 Å². The zero-order valence-electron chi connectivity index (χ0n) is 17.0. The lowest BCUT2D eigenvalue weighted by Gasteiger charge is -2.19. The largest absolute Gasteiger partial charge is 0.493 e. The number of methoxy groups -OCH3 is 3. The highest BCUT2D eigenvalue weighted by molar-refractivity contribution is 5.55. The van der Waals surface area contributed by atoms with Gasteiger partial charge in [0.2, 0.25) is 5.75 Å². The monoisotopic (exact) mass is 369 g/mol. The van der Waals surface area contributed by atoms with E-state index in [2.05, 4.69) is 26.1 Å². The van der Waals surface area contributed by atoms with Gasteiger partial charge < -0.3 is 29.4 Å². The number of aliphatic hydroxyl groups excluding tert-OH is 1. The number of nitrogens with one attached hydrogen (secondary N) is 1. The summed E-state index contributed by atoms with van der Waals surface area (Å²) in [5, 5.41) is 13.5. The zero-order chi connectivity index (χ0) is 19.5. The molecule has 2 N–H and O–H groups in total. The van der Waals surface area contributed by atoms with Crippen LogP contribution < -0.4 is 24.3 Å². The highest BCUT2D eigenvalue weighted by Gasteiger charge is 2.15. The van der Waals surface area contributed by atoms with E-state index in [0.29, 0.717) is 35.6 Å². The lowest BCUT2D eigenvalue weighted by Crippen LogP contribution is -2.36. The molecule has 0 bridgehead atoms. The highest BCUT2D eigenvalue weighted by atomic mass is 16.5. The van der Waals surface area contributed by atoms with Gasteiger partial charge in [-0.05, 0) is 19.3 Å². The maximum absolute atomic E-state index is 10.2. The summed E-state index contributed by atoms with van der Waals surface area (Å²) in [6.45, 7) is 7.30. The van der Waals surface area contributed by atoms with Crippen molar-refractivity contribution in [2.45, 2.75) is 52.2 Å². The molecule has 150 valence electrons. The number of benzene rings is 1. The second-order valence-electron chi connectivity index (χ2n) is 6.96. The molecule has 0 amide bonds. The van der Waals surface area contributed by atoms with Crippen LogP contribution in [0.25, 0.3) is 0 Å². The van der Waals surface area contributed by atoms with Crippen molar-refractivity contribution in [3.8, 4) is 23.0 Å². The van der Waals surface area contributed by atoms with Gasteiger partial charge in [-0.15, -0.1) is 0 Å². The maximum atomic E-state index is 10.2. The molecule has 0 saturated carbocycles. The molecule has 6 heteroatoms. The minimum absolute atomic E-state index is 0.185. The summed E-state index contributed by atoms with van der Waals surface area (Å²) in [4.78, 5) is 0. The van der Waals surface area contributed by atoms with E-state index >= 15 is 0 Å². The Hall–Kier alpha value is -1.66. The lowest BCUT2D eigenvalue weighted by molar-refractivity contribution is 0.103. The Balaban J connectivity index is 2.45. The lowest BCUT2D eigenvalue weighted by atomic mass is 10.0. The van der Waals surface area contributed by atoms with E-state index in [1.807, 2.05) is 0 Å². The third-order valence-corrected chi connectivity index (χ3v) is 4.20. The number of ether oxygens (including phenoxy) is 4. The van der Waals surface area contributed by atoms with Crippen molar-refractivity contribution in [1.82, 2.24) is 5.32 Å². The van der Waals surface area contributed by atoms with Gasteiger partial charge in [0.25, 0.3) is 0 Å². The van der Waals surface area contributed by atoms with Gasteiger partial charge in [0.15, 0.2) is 11.5 Å². The molecule has 0 aliphatic rings. The molecule has 0 aliphatic carbocycles. The molecule has 1 aromatic carbocycles. The zero-order valence-corrected chi connectivity index (χ0v) is 17.0. The van der Waals surface area contributed by atoms with Crippen LogP contribution in [0.4, 0.5) is 0 Å². The summed E-state index contributed by atoms with van der Waals surface area (Å²) in [6, 6.07) is 3.82. The van der Waals surface area contributed by atoms with Crippen LogP contribution in [0.2, 0.25) is 0 Å². The second-order valence-corrected chi connectivity index (χ2v) is 6.96. The Morgan fingerprint density at radius 2 is 1.58 bits per heavy atom. The Morgan fingerprint density at radius 3 is 2.08 bits per heavy atom. The van der Waals surface area contributed by atoms with Crippen LogP contribution >= 0.6 is 0 Å². The molecular weight excluding hydrogens is 334 g/mol. The molecule has 0 saturated heterocycles. The first kappa shape index (κ1) is 22.4. The molecule has 0 aromatic heterocycles. The van der Waals surface area contributed by atoms with Gasteiger partial charge in [-0.25, -0.2) is 0 Å².